The van der Waals surface area contributed by atoms with Crippen molar-refractivity contribution in [3.05, 3.63) is 57.9 Å². The van der Waals surface area contributed by atoms with Crippen LogP contribution in [0.4, 0.5) is 5.00 Å². The lowest BCUT2D eigenvalue weighted by Crippen LogP contribution is -2.15. The molecule has 1 amide bonds. The van der Waals surface area contributed by atoms with Gasteiger partial charge in [-0.3, -0.25) is 4.79 Å². The van der Waals surface area contributed by atoms with Crippen molar-refractivity contribution >= 4 is 39.8 Å². The quantitative estimate of drug-likeness (QED) is 0.235. The molecule has 9 heteroatoms. The molecule has 0 fully saturated rings. The lowest BCUT2D eigenvalue weighted by Gasteiger charge is -2.11. The Morgan fingerprint density at radius 2 is 1.83 bits per heavy atom. The Labute approximate surface area is 213 Å². The van der Waals surface area contributed by atoms with E-state index in [2.05, 4.69) is 5.32 Å². The number of halogens is 1. The third-order valence-corrected chi connectivity index (χ3v) is 6.48. The van der Waals surface area contributed by atoms with E-state index < -0.39 is 5.97 Å². The molecule has 0 bridgehead atoms. The van der Waals surface area contributed by atoms with Crippen LogP contribution in [0.15, 0.2) is 41.8 Å². The third kappa shape index (κ3) is 6.68. The number of hydrogen-bond acceptors (Lipinski definition) is 7. The van der Waals surface area contributed by atoms with Crippen molar-refractivity contribution in [1.29, 1.82) is 0 Å². The number of benzene rings is 2. The molecule has 0 atom stereocenters. The minimum atomic E-state index is -0.504. The van der Waals surface area contributed by atoms with Gasteiger partial charge in [0.2, 0.25) is 5.91 Å². The highest BCUT2D eigenvalue weighted by Gasteiger charge is 2.23. The van der Waals surface area contributed by atoms with E-state index in [0.717, 1.165) is 11.1 Å². The van der Waals surface area contributed by atoms with Crippen LogP contribution >= 0.6 is 22.9 Å². The van der Waals surface area contributed by atoms with Gasteiger partial charge < -0.3 is 24.3 Å². The molecule has 0 saturated carbocycles. The Kier molecular flexibility index (Phi) is 9.39. The van der Waals surface area contributed by atoms with Gasteiger partial charge in [0.15, 0.2) is 11.5 Å². The second kappa shape index (κ2) is 12.5. The van der Waals surface area contributed by atoms with Gasteiger partial charge in [0.25, 0.3) is 0 Å². The van der Waals surface area contributed by atoms with Gasteiger partial charge in [-0.05, 0) is 61.7 Å². The highest BCUT2D eigenvalue weighted by Crippen LogP contribution is 2.39. The zero-order valence-electron chi connectivity index (χ0n) is 20.1. The number of hydrogen-bond donors (Lipinski definition) is 1. The molecule has 0 aliphatic carbocycles. The van der Waals surface area contributed by atoms with Crippen LogP contribution in [0.1, 0.15) is 35.7 Å². The van der Waals surface area contributed by atoms with E-state index in [1.54, 1.807) is 45.4 Å². The van der Waals surface area contributed by atoms with Crippen LogP contribution in [-0.2, 0) is 9.53 Å². The largest absolute Gasteiger partial charge is 0.494 e. The molecule has 2 aromatic carbocycles. The average molecular weight is 518 g/mol. The minimum Gasteiger partial charge on any atom is -0.494 e. The maximum absolute atomic E-state index is 12.8. The zero-order chi connectivity index (χ0) is 25.4. The van der Waals surface area contributed by atoms with Crippen molar-refractivity contribution in [2.75, 3.05) is 32.8 Å². The van der Waals surface area contributed by atoms with Crippen LogP contribution in [0.25, 0.3) is 11.1 Å². The molecule has 186 valence electrons. The number of nitrogens with one attached hydrogen (secondary N) is 1. The number of thiophene rings is 1. The summed E-state index contributed by atoms with van der Waals surface area (Å²) in [7, 11) is 3.10. The summed E-state index contributed by atoms with van der Waals surface area (Å²) in [6.45, 7) is 4.23. The molecule has 0 radical (unpaired) electrons. The molecule has 0 aliphatic rings. The number of anilines is 1. The molecular weight excluding hydrogens is 490 g/mol. The molecule has 1 heterocycles. The first-order valence-electron chi connectivity index (χ1n) is 11.1. The average Bonchev–Trinajstić information content (AvgIpc) is 3.27. The fourth-order valence-corrected chi connectivity index (χ4v) is 4.48. The van der Waals surface area contributed by atoms with E-state index in [1.165, 1.54) is 11.3 Å². The summed E-state index contributed by atoms with van der Waals surface area (Å²) >= 11 is 7.30. The first-order valence-corrected chi connectivity index (χ1v) is 12.3. The first-order chi connectivity index (χ1) is 16.9. The molecule has 7 nitrogen and oxygen atoms in total. The molecule has 3 aromatic rings. The number of carbonyl (C=O) groups is 2. The van der Waals surface area contributed by atoms with Crippen LogP contribution in [-0.4, -0.2) is 39.3 Å². The van der Waals surface area contributed by atoms with Crippen LogP contribution in [0, 0.1) is 6.92 Å². The lowest BCUT2D eigenvalue weighted by atomic mass is 10.0. The third-order valence-electron chi connectivity index (χ3n) is 5.16. The summed E-state index contributed by atoms with van der Waals surface area (Å²) in [4.78, 5) is 25.4. The fraction of sp³-hybridized carbons (Fsp3) is 0.308. The standard InChI is InChI=1S/C26H28ClNO6S/c1-5-33-26(30)24-19(17-8-11-21(31-3)22(14-17)32-4)15-35-25(24)28-23(29)7-6-12-34-18-9-10-20(27)16(2)13-18/h8-11,13-15H,5-7,12H2,1-4H3,(H,28,29). The smallest absolute Gasteiger partial charge is 0.341 e. The van der Waals surface area contributed by atoms with Crippen molar-refractivity contribution in [2.24, 2.45) is 0 Å². The highest BCUT2D eigenvalue weighted by molar-refractivity contribution is 7.15. The lowest BCUT2D eigenvalue weighted by molar-refractivity contribution is -0.116. The predicted octanol–water partition coefficient (Wildman–Crippen LogP) is 6.37. The molecular formula is C26H28ClNO6S. The van der Waals surface area contributed by atoms with Crippen LogP contribution < -0.4 is 19.5 Å². The Balaban J connectivity index is 1.70. The molecule has 0 spiro atoms. The van der Waals surface area contributed by atoms with Gasteiger partial charge in [0, 0.05) is 22.4 Å². The maximum Gasteiger partial charge on any atom is 0.341 e. The van der Waals surface area contributed by atoms with E-state index in [-0.39, 0.29) is 18.9 Å². The van der Waals surface area contributed by atoms with E-state index in [4.69, 9.17) is 30.5 Å². The molecule has 0 saturated heterocycles. The van der Waals surface area contributed by atoms with E-state index in [1.807, 2.05) is 24.4 Å². The minimum absolute atomic E-state index is 0.216. The van der Waals surface area contributed by atoms with Crippen LogP contribution in [0.2, 0.25) is 5.02 Å². The van der Waals surface area contributed by atoms with Crippen molar-refractivity contribution in [1.82, 2.24) is 0 Å². The molecule has 3 rings (SSSR count). The summed E-state index contributed by atoms with van der Waals surface area (Å²) in [5.41, 5.74) is 2.63. The van der Waals surface area contributed by atoms with E-state index in [9.17, 15) is 9.59 Å². The normalized spacial score (nSPS) is 10.5. The Hall–Kier alpha value is -3.23. The molecule has 1 aromatic heterocycles. The zero-order valence-corrected chi connectivity index (χ0v) is 21.7. The van der Waals surface area contributed by atoms with Crippen molar-refractivity contribution in [3.8, 4) is 28.4 Å². The summed E-state index contributed by atoms with van der Waals surface area (Å²) in [6, 6.07) is 10.8. The molecule has 1 N–H and O–H groups in total. The topological polar surface area (TPSA) is 83.1 Å². The number of amides is 1. The molecule has 0 aliphatic heterocycles. The van der Waals surface area contributed by atoms with Crippen LogP contribution in [0.3, 0.4) is 0 Å². The number of esters is 1. The van der Waals surface area contributed by atoms with Gasteiger partial charge in [-0.1, -0.05) is 17.7 Å². The number of methoxy groups -OCH3 is 2. The molecule has 0 unspecified atom stereocenters. The monoisotopic (exact) mass is 517 g/mol. The van der Waals surface area contributed by atoms with Gasteiger partial charge in [-0.15, -0.1) is 11.3 Å². The Morgan fingerprint density at radius 3 is 2.51 bits per heavy atom. The number of carbonyl (C=O) groups excluding carboxylic acids is 2. The van der Waals surface area contributed by atoms with Crippen molar-refractivity contribution in [2.45, 2.75) is 26.7 Å². The van der Waals surface area contributed by atoms with Gasteiger partial charge in [0.1, 0.15) is 16.3 Å². The van der Waals surface area contributed by atoms with E-state index in [0.29, 0.717) is 51.4 Å². The Bertz CT molecular complexity index is 1190. The van der Waals surface area contributed by atoms with Crippen LogP contribution in [0.5, 0.6) is 17.2 Å². The summed E-state index contributed by atoms with van der Waals surface area (Å²) in [5.74, 6) is 1.10. The van der Waals surface area contributed by atoms with Gasteiger partial charge in [-0.2, -0.15) is 0 Å². The van der Waals surface area contributed by atoms with Crippen molar-refractivity contribution < 1.29 is 28.5 Å². The summed E-state index contributed by atoms with van der Waals surface area (Å²) in [5, 5.41) is 5.79. The second-order valence-electron chi connectivity index (χ2n) is 7.55. The van der Waals surface area contributed by atoms with E-state index >= 15 is 0 Å². The maximum atomic E-state index is 12.8. The van der Waals surface area contributed by atoms with Gasteiger partial charge in [-0.25, -0.2) is 4.79 Å². The predicted molar refractivity (Wildman–Crippen MR) is 138 cm³/mol. The first kappa shape index (κ1) is 26.4. The van der Waals surface area contributed by atoms with Gasteiger partial charge >= 0.3 is 5.97 Å². The highest BCUT2D eigenvalue weighted by atomic mass is 35.5. The summed E-state index contributed by atoms with van der Waals surface area (Å²) < 4.78 is 21.7. The number of aryl methyl sites for hydroxylation is 1. The SMILES string of the molecule is CCOC(=O)c1c(-c2ccc(OC)c(OC)c2)csc1NC(=O)CCCOc1ccc(Cl)c(C)c1. The number of ether oxygens (including phenoxy) is 4. The second-order valence-corrected chi connectivity index (χ2v) is 8.84. The Morgan fingerprint density at radius 1 is 1.06 bits per heavy atom. The fourth-order valence-electron chi connectivity index (χ4n) is 3.39. The number of rotatable bonds is 11. The summed E-state index contributed by atoms with van der Waals surface area (Å²) in [6.07, 6.45) is 0.745. The molecule has 35 heavy (non-hydrogen) atoms. The van der Waals surface area contributed by atoms with Gasteiger partial charge in [0.05, 0.1) is 27.4 Å². The van der Waals surface area contributed by atoms with Crippen molar-refractivity contribution in [3.63, 3.8) is 0 Å².